The zero-order valence-corrected chi connectivity index (χ0v) is 14.7. The van der Waals surface area contributed by atoms with Crippen LogP contribution in [0.15, 0.2) is 35.5 Å². The molecule has 0 bridgehead atoms. The molecule has 4 atom stereocenters. The van der Waals surface area contributed by atoms with Crippen LogP contribution in [-0.2, 0) is 4.74 Å². The fourth-order valence-corrected chi connectivity index (χ4v) is 3.39. The van der Waals surface area contributed by atoms with E-state index in [0.29, 0.717) is 12.0 Å². The summed E-state index contributed by atoms with van der Waals surface area (Å²) in [5.74, 6) is 0.338. The Morgan fingerprint density at radius 1 is 1.27 bits per heavy atom. The van der Waals surface area contributed by atoms with Crippen molar-refractivity contribution in [1.29, 1.82) is 0 Å². The van der Waals surface area contributed by atoms with Gasteiger partial charge in [-0.1, -0.05) is 29.9 Å². The summed E-state index contributed by atoms with van der Waals surface area (Å²) < 4.78 is 5.99. The van der Waals surface area contributed by atoms with E-state index in [-0.39, 0.29) is 11.7 Å². The van der Waals surface area contributed by atoms with Gasteiger partial charge in [0.2, 0.25) is 0 Å². The van der Waals surface area contributed by atoms with Crippen LogP contribution in [0.3, 0.4) is 0 Å². The number of rotatable bonds is 1. The van der Waals surface area contributed by atoms with Crippen LogP contribution in [0.4, 0.5) is 0 Å². The van der Waals surface area contributed by atoms with Crippen molar-refractivity contribution in [2.45, 2.75) is 84.0 Å². The lowest BCUT2D eigenvalue weighted by molar-refractivity contribution is 0.176. The van der Waals surface area contributed by atoms with Gasteiger partial charge in [-0.3, -0.25) is 0 Å². The number of hydrogen-bond acceptors (Lipinski definition) is 2. The van der Waals surface area contributed by atoms with Gasteiger partial charge in [0.1, 0.15) is 0 Å². The van der Waals surface area contributed by atoms with Gasteiger partial charge in [0.15, 0.2) is 0 Å². The van der Waals surface area contributed by atoms with Crippen molar-refractivity contribution >= 4 is 0 Å². The molecule has 22 heavy (non-hydrogen) atoms. The van der Waals surface area contributed by atoms with Gasteiger partial charge < -0.3 is 9.84 Å². The van der Waals surface area contributed by atoms with E-state index in [0.717, 1.165) is 49.7 Å². The lowest BCUT2D eigenvalue weighted by Gasteiger charge is -2.21. The fraction of sp³-hybridized carbons (Fsp3) is 0.700. The molecule has 1 aliphatic carbocycles. The highest BCUT2D eigenvalue weighted by atomic mass is 16.6. The monoisotopic (exact) mass is 304 g/mol. The molecule has 0 aromatic rings. The highest BCUT2D eigenvalue weighted by molar-refractivity contribution is 5.12. The summed E-state index contributed by atoms with van der Waals surface area (Å²) in [5.41, 5.74) is 3.73. The first-order valence-corrected chi connectivity index (χ1v) is 8.65. The first kappa shape index (κ1) is 17.5. The lowest BCUT2D eigenvalue weighted by Crippen LogP contribution is -2.19. The highest BCUT2D eigenvalue weighted by Crippen LogP contribution is 2.45. The number of aliphatic hydroxyl groups is 1. The fourth-order valence-electron chi connectivity index (χ4n) is 3.39. The minimum Gasteiger partial charge on any atom is -0.389 e. The van der Waals surface area contributed by atoms with E-state index in [2.05, 4.69) is 39.5 Å². The average Bonchev–Trinajstić information content (AvgIpc) is 3.07. The van der Waals surface area contributed by atoms with Gasteiger partial charge in [-0.05, 0) is 77.7 Å². The SMILES string of the molecule is C=C(C)[C@H]1C[C@@H](O)/C(C)=C/CC/C(C)=C/CC[C@]2(C)O[C@H]2C1. The van der Waals surface area contributed by atoms with E-state index < -0.39 is 0 Å². The zero-order valence-electron chi connectivity index (χ0n) is 14.7. The third-order valence-electron chi connectivity index (χ3n) is 5.40. The maximum atomic E-state index is 10.5. The van der Waals surface area contributed by atoms with Gasteiger partial charge >= 0.3 is 0 Å². The van der Waals surface area contributed by atoms with Crippen LogP contribution in [0.25, 0.3) is 0 Å². The first-order chi connectivity index (χ1) is 10.3. The Kier molecular flexibility index (Phi) is 5.68. The van der Waals surface area contributed by atoms with Crippen molar-refractivity contribution in [2.24, 2.45) is 5.92 Å². The molecule has 2 rings (SSSR count). The maximum Gasteiger partial charge on any atom is 0.0923 e. The molecule has 1 saturated heterocycles. The summed E-state index contributed by atoms with van der Waals surface area (Å²) in [5, 5.41) is 10.5. The average molecular weight is 304 g/mol. The maximum absolute atomic E-state index is 10.5. The minimum absolute atomic E-state index is 0.0322. The van der Waals surface area contributed by atoms with Crippen molar-refractivity contribution in [3.8, 4) is 0 Å². The van der Waals surface area contributed by atoms with E-state index in [1.807, 2.05) is 6.92 Å². The molecule has 0 saturated carbocycles. The number of allylic oxidation sites excluding steroid dienone is 4. The van der Waals surface area contributed by atoms with Crippen molar-refractivity contribution in [1.82, 2.24) is 0 Å². The quantitative estimate of drug-likeness (QED) is 0.549. The van der Waals surface area contributed by atoms with Crippen molar-refractivity contribution < 1.29 is 9.84 Å². The Balaban J connectivity index is 2.12. The lowest BCUT2D eigenvalue weighted by atomic mass is 9.85. The minimum atomic E-state index is -0.362. The summed E-state index contributed by atoms with van der Waals surface area (Å²) in [7, 11) is 0. The van der Waals surface area contributed by atoms with Crippen LogP contribution in [0.5, 0.6) is 0 Å². The van der Waals surface area contributed by atoms with E-state index in [1.54, 1.807) is 0 Å². The van der Waals surface area contributed by atoms with E-state index >= 15 is 0 Å². The van der Waals surface area contributed by atoms with Gasteiger partial charge in [0, 0.05) is 0 Å². The predicted octanol–water partition coefficient (Wildman–Crippen LogP) is 4.94. The number of epoxide rings is 1. The summed E-state index contributed by atoms with van der Waals surface area (Å²) in [6.07, 6.45) is 10.5. The first-order valence-electron chi connectivity index (χ1n) is 8.65. The van der Waals surface area contributed by atoms with Crippen LogP contribution >= 0.6 is 0 Å². The third-order valence-corrected chi connectivity index (χ3v) is 5.40. The molecule has 2 nitrogen and oxygen atoms in total. The van der Waals surface area contributed by atoms with Crippen molar-refractivity contribution in [2.75, 3.05) is 0 Å². The number of fused-ring (bicyclic) bond motifs is 1. The molecular weight excluding hydrogens is 272 g/mol. The molecule has 1 heterocycles. The summed E-state index contributed by atoms with van der Waals surface area (Å²) in [6.45, 7) is 12.7. The Hall–Kier alpha value is -0.860. The second-order valence-corrected chi connectivity index (χ2v) is 7.53. The van der Waals surface area contributed by atoms with Crippen LogP contribution in [0, 0.1) is 5.92 Å². The predicted molar refractivity (Wildman–Crippen MR) is 92.8 cm³/mol. The second kappa shape index (κ2) is 7.14. The van der Waals surface area contributed by atoms with Gasteiger partial charge in [-0.25, -0.2) is 0 Å². The molecule has 0 amide bonds. The largest absolute Gasteiger partial charge is 0.389 e. The van der Waals surface area contributed by atoms with Crippen LogP contribution < -0.4 is 0 Å². The molecule has 0 unspecified atom stereocenters. The summed E-state index contributed by atoms with van der Waals surface area (Å²) >= 11 is 0. The molecule has 2 heteroatoms. The molecule has 0 spiro atoms. The zero-order chi connectivity index (χ0) is 16.3. The molecule has 0 radical (unpaired) electrons. The molecule has 124 valence electrons. The molecule has 0 aromatic heterocycles. The Morgan fingerprint density at radius 2 is 2.00 bits per heavy atom. The molecule has 1 N–H and O–H groups in total. The standard InChI is InChI=1S/C20H32O2/c1-14(2)17-12-18(21)16(4)10-6-8-15(3)9-7-11-20(5)19(13-17)22-20/h9-10,17-19,21H,1,6-8,11-13H2,2-5H3/b15-9+,16-10+/t17-,18+,19-,20-/m0/s1. The number of aliphatic hydroxyl groups excluding tert-OH is 1. The van der Waals surface area contributed by atoms with Crippen LogP contribution in [-0.4, -0.2) is 22.9 Å². The smallest absolute Gasteiger partial charge is 0.0923 e. The second-order valence-electron chi connectivity index (χ2n) is 7.53. The molecule has 0 aromatic carbocycles. The van der Waals surface area contributed by atoms with Crippen molar-refractivity contribution in [3.05, 3.63) is 35.5 Å². The van der Waals surface area contributed by atoms with E-state index in [1.165, 1.54) is 5.57 Å². The molecular formula is C20H32O2. The number of hydrogen-bond donors (Lipinski definition) is 1. The van der Waals surface area contributed by atoms with Crippen molar-refractivity contribution in [3.63, 3.8) is 0 Å². The van der Waals surface area contributed by atoms with E-state index in [4.69, 9.17) is 4.74 Å². The highest BCUT2D eigenvalue weighted by Gasteiger charge is 2.51. The van der Waals surface area contributed by atoms with Crippen LogP contribution in [0.2, 0.25) is 0 Å². The Bertz CT molecular complexity index is 474. The number of ether oxygens (including phenoxy) is 1. The van der Waals surface area contributed by atoms with Gasteiger partial charge in [0.05, 0.1) is 17.8 Å². The van der Waals surface area contributed by atoms with Gasteiger partial charge in [-0.15, -0.1) is 0 Å². The summed E-state index contributed by atoms with van der Waals surface area (Å²) in [4.78, 5) is 0. The Morgan fingerprint density at radius 3 is 2.68 bits per heavy atom. The van der Waals surface area contributed by atoms with Gasteiger partial charge in [-0.2, -0.15) is 0 Å². The Labute approximate surface area is 136 Å². The topological polar surface area (TPSA) is 32.8 Å². The molecule has 2 aliphatic rings. The van der Waals surface area contributed by atoms with Crippen LogP contribution in [0.1, 0.15) is 66.2 Å². The van der Waals surface area contributed by atoms with E-state index in [9.17, 15) is 5.11 Å². The normalized spacial score (nSPS) is 42.1. The molecule has 1 fully saturated rings. The molecule has 1 aliphatic heterocycles. The van der Waals surface area contributed by atoms with Gasteiger partial charge in [0.25, 0.3) is 0 Å². The summed E-state index contributed by atoms with van der Waals surface area (Å²) in [6, 6.07) is 0. The third kappa shape index (κ3) is 4.57.